The molecule has 3 unspecified atom stereocenters. The van der Waals surface area contributed by atoms with Crippen molar-refractivity contribution >= 4 is 5.78 Å². The van der Waals surface area contributed by atoms with Gasteiger partial charge in [-0.1, -0.05) is 6.42 Å². The van der Waals surface area contributed by atoms with Crippen molar-refractivity contribution < 1.29 is 4.79 Å². The molecular weight excluding hydrogens is 210 g/mol. The van der Waals surface area contributed by atoms with Gasteiger partial charge in [0.2, 0.25) is 0 Å². The Balaban J connectivity index is 1.93. The van der Waals surface area contributed by atoms with Gasteiger partial charge in [0.15, 0.2) is 5.78 Å². The summed E-state index contributed by atoms with van der Waals surface area (Å²) in [5, 5.41) is 0. The van der Waals surface area contributed by atoms with Crippen LogP contribution in [0.3, 0.4) is 0 Å². The summed E-state index contributed by atoms with van der Waals surface area (Å²) in [5.41, 5.74) is 2.34. The molecule has 0 saturated heterocycles. The molecule has 1 aromatic heterocycles. The highest BCUT2D eigenvalue weighted by atomic mass is 16.1. The van der Waals surface area contributed by atoms with Gasteiger partial charge in [0.05, 0.1) is 5.69 Å². The molecule has 88 valence electrons. The molecule has 0 spiro atoms. The van der Waals surface area contributed by atoms with Gasteiger partial charge in [-0.15, -0.1) is 0 Å². The van der Waals surface area contributed by atoms with E-state index in [0.717, 1.165) is 23.6 Å². The van der Waals surface area contributed by atoms with E-state index < -0.39 is 0 Å². The molecule has 1 heterocycles. The average Bonchev–Trinajstić information content (AvgIpc) is 2.58. The number of nitrogens with zero attached hydrogens (tertiary/aromatic N) is 1. The van der Waals surface area contributed by atoms with Crippen LogP contribution in [0.2, 0.25) is 0 Å². The zero-order valence-corrected chi connectivity index (χ0v) is 9.98. The molecule has 3 aliphatic carbocycles. The molecule has 0 radical (unpaired) electrons. The van der Waals surface area contributed by atoms with Crippen LogP contribution in [0.4, 0.5) is 0 Å². The van der Waals surface area contributed by atoms with Gasteiger partial charge in [0.25, 0.3) is 0 Å². The summed E-state index contributed by atoms with van der Waals surface area (Å²) in [5.74, 6) is 1.72. The summed E-state index contributed by atoms with van der Waals surface area (Å²) in [6, 6.07) is 3.88. The third kappa shape index (κ3) is 1.16. The zero-order chi connectivity index (χ0) is 11.5. The average molecular weight is 227 g/mol. The van der Waals surface area contributed by atoms with E-state index in [1.807, 2.05) is 18.3 Å². The van der Waals surface area contributed by atoms with Gasteiger partial charge in [0.1, 0.15) is 0 Å². The van der Waals surface area contributed by atoms with Crippen molar-refractivity contribution in [1.82, 2.24) is 4.98 Å². The maximum Gasteiger partial charge on any atom is 0.165 e. The minimum atomic E-state index is 0.293. The third-order valence-electron chi connectivity index (χ3n) is 5.34. The Morgan fingerprint density at radius 1 is 1.29 bits per heavy atom. The zero-order valence-electron chi connectivity index (χ0n) is 9.98. The molecule has 17 heavy (non-hydrogen) atoms. The van der Waals surface area contributed by atoms with E-state index in [4.69, 9.17) is 0 Å². The van der Waals surface area contributed by atoms with Crippen molar-refractivity contribution in [3.8, 4) is 0 Å². The van der Waals surface area contributed by atoms with E-state index in [9.17, 15) is 4.79 Å². The fourth-order valence-electron chi connectivity index (χ4n) is 4.72. The number of fused-ring (bicyclic) bond motifs is 1. The molecule has 2 bridgehead atoms. The second-order valence-corrected chi connectivity index (χ2v) is 6.07. The predicted molar refractivity (Wildman–Crippen MR) is 64.9 cm³/mol. The first-order valence-electron chi connectivity index (χ1n) is 6.78. The first-order chi connectivity index (χ1) is 8.30. The monoisotopic (exact) mass is 227 g/mol. The predicted octanol–water partition coefficient (Wildman–Crippen LogP) is 3.33. The Hall–Kier alpha value is -1.18. The van der Waals surface area contributed by atoms with Crippen LogP contribution in [-0.2, 0) is 0 Å². The van der Waals surface area contributed by atoms with E-state index in [1.165, 1.54) is 32.1 Å². The number of carbonyl (C=O) groups excluding carboxylic acids is 1. The molecule has 2 heteroatoms. The van der Waals surface area contributed by atoms with Crippen molar-refractivity contribution in [2.24, 2.45) is 11.3 Å². The van der Waals surface area contributed by atoms with Gasteiger partial charge in [-0.25, -0.2) is 0 Å². The standard InChI is InChI=1S/C15H17NO/c17-12-9-15-6-1-3-10(5-7-15)13(15)14-11(12)4-2-8-16-14/h2,4,8,10,13H,1,3,5-7,9H2. The lowest BCUT2D eigenvalue weighted by molar-refractivity contribution is 0.0781. The SMILES string of the molecule is O=C1CC23CCCC(CC2)C3c2ncccc21. The summed E-state index contributed by atoms with van der Waals surface area (Å²) < 4.78 is 0. The van der Waals surface area contributed by atoms with Crippen LogP contribution < -0.4 is 0 Å². The number of ketones is 1. The Morgan fingerprint density at radius 3 is 3.18 bits per heavy atom. The van der Waals surface area contributed by atoms with E-state index >= 15 is 0 Å². The summed E-state index contributed by atoms with van der Waals surface area (Å²) in [4.78, 5) is 16.9. The van der Waals surface area contributed by atoms with Crippen LogP contribution >= 0.6 is 0 Å². The fraction of sp³-hybridized carbons (Fsp3) is 0.600. The molecule has 4 rings (SSSR count). The highest BCUT2D eigenvalue weighted by Crippen LogP contribution is 2.63. The molecule has 2 fully saturated rings. The fourth-order valence-corrected chi connectivity index (χ4v) is 4.72. The lowest BCUT2D eigenvalue weighted by atomic mass is 9.60. The van der Waals surface area contributed by atoms with Crippen LogP contribution in [0, 0.1) is 11.3 Å². The van der Waals surface area contributed by atoms with Crippen molar-refractivity contribution in [2.75, 3.05) is 0 Å². The highest BCUT2D eigenvalue weighted by molar-refractivity contribution is 5.99. The number of hydrogen-bond acceptors (Lipinski definition) is 2. The summed E-state index contributed by atoms with van der Waals surface area (Å²) in [6.45, 7) is 0. The molecule has 0 aliphatic heterocycles. The molecular formula is C15H17NO. The maximum absolute atomic E-state index is 12.3. The first-order valence-corrected chi connectivity index (χ1v) is 6.78. The van der Waals surface area contributed by atoms with E-state index in [0.29, 0.717) is 17.1 Å². The Kier molecular flexibility index (Phi) is 1.84. The molecule has 0 N–H and O–H groups in total. The number of Topliss-reactive ketones (excluding diaryl/α,β-unsaturated/α-hetero) is 1. The molecule has 1 aromatic rings. The van der Waals surface area contributed by atoms with Crippen LogP contribution in [0.5, 0.6) is 0 Å². The van der Waals surface area contributed by atoms with Crippen LogP contribution in [0.15, 0.2) is 18.3 Å². The molecule has 0 aromatic carbocycles. The van der Waals surface area contributed by atoms with Gasteiger partial charge in [-0.05, 0) is 49.1 Å². The Labute approximate surface area is 101 Å². The van der Waals surface area contributed by atoms with Gasteiger partial charge < -0.3 is 0 Å². The number of rotatable bonds is 0. The lowest BCUT2D eigenvalue weighted by Gasteiger charge is -2.44. The quantitative estimate of drug-likeness (QED) is 0.680. The number of pyridine rings is 1. The normalized spacial score (nSPS) is 38.7. The topological polar surface area (TPSA) is 30.0 Å². The third-order valence-corrected chi connectivity index (χ3v) is 5.34. The maximum atomic E-state index is 12.3. The largest absolute Gasteiger partial charge is 0.294 e. The van der Waals surface area contributed by atoms with Crippen LogP contribution in [-0.4, -0.2) is 10.8 Å². The van der Waals surface area contributed by atoms with Crippen molar-refractivity contribution in [1.29, 1.82) is 0 Å². The molecule has 2 saturated carbocycles. The minimum absolute atomic E-state index is 0.293. The lowest BCUT2D eigenvalue weighted by Crippen LogP contribution is -2.38. The van der Waals surface area contributed by atoms with Crippen molar-refractivity contribution in [3.63, 3.8) is 0 Å². The van der Waals surface area contributed by atoms with Crippen LogP contribution in [0.25, 0.3) is 0 Å². The molecule has 3 atom stereocenters. The first kappa shape index (κ1) is 9.81. The second-order valence-electron chi connectivity index (χ2n) is 6.07. The summed E-state index contributed by atoms with van der Waals surface area (Å²) in [7, 11) is 0. The van der Waals surface area contributed by atoms with Gasteiger partial charge >= 0.3 is 0 Å². The number of carbonyl (C=O) groups is 1. The van der Waals surface area contributed by atoms with Gasteiger partial charge in [-0.2, -0.15) is 0 Å². The Bertz CT molecular complexity index is 491. The van der Waals surface area contributed by atoms with E-state index in [1.54, 1.807) is 0 Å². The highest BCUT2D eigenvalue weighted by Gasteiger charge is 2.55. The van der Waals surface area contributed by atoms with Crippen molar-refractivity contribution in [2.45, 2.75) is 44.4 Å². The number of hydrogen-bond donors (Lipinski definition) is 0. The van der Waals surface area contributed by atoms with Gasteiger partial charge in [0, 0.05) is 24.1 Å². The van der Waals surface area contributed by atoms with E-state index in [-0.39, 0.29) is 0 Å². The van der Waals surface area contributed by atoms with Crippen molar-refractivity contribution in [3.05, 3.63) is 29.6 Å². The molecule has 3 aliphatic rings. The number of aromatic nitrogens is 1. The molecule has 2 nitrogen and oxygen atoms in total. The second kappa shape index (κ2) is 3.18. The molecule has 0 amide bonds. The van der Waals surface area contributed by atoms with Gasteiger partial charge in [-0.3, -0.25) is 9.78 Å². The van der Waals surface area contributed by atoms with E-state index in [2.05, 4.69) is 4.98 Å². The Morgan fingerprint density at radius 2 is 2.24 bits per heavy atom. The summed E-state index contributed by atoms with van der Waals surface area (Å²) in [6.07, 6.45) is 9.12. The smallest absolute Gasteiger partial charge is 0.165 e. The minimum Gasteiger partial charge on any atom is -0.294 e. The van der Waals surface area contributed by atoms with Crippen LogP contribution in [0.1, 0.15) is 60.5 Å². The summed E-state index contributed by atoms with van der Waals surface area (Å²) >= 11 is 0.